The third-order valence-electron chi connectivity index (χ3n) is 19.6. The number of aliphatic hydroxyl groups excluding tert-OH is 4. The molecule has 0 heterocycles. The summed E-state index contributed by atoms with van der Waals surface area (Å²) in [5.74, 6) is 0.193. The minimum Gasteiger partial charge on any atom is -0.482 e. The van der Waals surface area contributed by atoms with E-state index < -0.39 is 87.6 Å². The number of alkyl halides is 3. The number of fused-ring (bicyclic) bond motifs is 6. The molecule has 0 unspecified atom stereocenters. The molecule has 0 amide bonds. The highest BCUT2D eigenvalue weighted by molar-refractivity contribution is 5.69. The molecule has 25 heteroatoms. The maximum absolute atomic E-state index is 12.4. The number of aliphatic hydroxyl groups is 4. The highest BCUT2D eigenvalue weighted by Gasteiger charge is 2.50. The minimum atomic E-state index is -2.76. The van der Waals surface area contributed by atoms with Gasteiger partial charge in [0.1, 0.15) is 55.4 Å². The van der Waals surface area contributed by atoms with Gasteiger partial charge in [-0.2, -0.15) is 0 Å². The Kier molecular flexibility index (Phi) is 29.0. The van der Waals surface area contributed by atoms with Crippen LogP contribution in [0.15, 0.2) is 54.6 Å². The molecule has 522 valence electrons. The summed E-state index contributed by atoms with van der Waals surface area (Å²) in [5.41, 5.74) is 6.32. The van der Waals surface area contributed by atoms with E-state index in [-0.39, 0.29) is 92.1 Å². The van der Waals surface area contributed by atoms with Crippen molar-refractivity contribution >= 4 is 36.4 Å². The van der Waals surface area contributed by atoms with Gasteiger partial charge in [-0.1, -0.05) is 57.2 Å². The summed E-state index contributed by atoms with van der Waals surface area (Å²) < 4.78 is 84.4. The maximum atomic E-state index is 12.4. The lowest BCUT2D eigenvalue weighted by Gasteiger charge is -2.32. The zero-order chi connectivity index (χ0) is 68.0. The van der Waals surface area contributed by atoms with Crippen molar-refractivity contribution in [3.8, 4) is 17.2 Å². The second kappa shape index (κ2) is 36.7. The molecule has 7 N–H and O–H groups in total. The number of carbonyl (C=O) groups is 6. The zero-order valence-corrected chi connectivity index (χ0v) is 53.7. The van der Waals surface area contributed by atoms with E-state index >= 15 is 0 Å². The lowest BCUT2D eigenvalue weighted by atomic mass is 9.73. The third-order valence-corrected chi connectivity index (χ3v) is 19.6. The number of hydrogen-bond acceptors (Lipinski definition) is 19. The van der Waals surface area contributed by atoms with Gasteiger partial charge in [0.2, 0.25) is 0 Å². The van der Waals surface area contributed by atoms with Gasteiger partial charge in [0.25, 0.3) is 6.43 Å². The van der Waals surface area contributed by atoms with E-state index in [1.165, 1.54) is 0 Å². The van der Waals surface area contributed by atoms with Gasteiger partial charge in [-0.3, -0.25) is 0 Å². The van der Waals surface area contributed by atoms with Crippen LogP contribution in [0.1, 0.15) is 131 Å². The number of halogens is 3. The van der Waals surface area contributed by atoms with Crippen LogP contribution < -0.4 is 14.2 Å². The van der Waals surface area contributed by atoms with E-state index in [2.05, 4.69) is 4.74 Å². The zero-order valence-electron chi connectivity index (χ0n) is 53.7. The van der Waals surface area contributed by atoms with Crippen LogP contribution in [0.5, 0.6) is 17.2 Å². The first kappa shape index (κ1) is 74.3. The molecule has 0 spiro atoms. The highest BCUT2D eigenvalue weighted by atomic mass is 19.3. The van der Waals surface area contributed by atoms with E-state index in [4.69, 9.17) is 58.3 Å². The predicted molar refractivity (Wildman–Crippen MR) is 331 cm³/mol. The second-order valence-corrected chi connectivity index (χ2v) is 25.4. The average Bonchev–Trinajstić information content (AvgIpc) is 1.60. The van der Waals surface area contributed by atoms with Crippen molar-refractivity contribution in [3.63, 3.8) is 0 Å². The number of benzene rings is 3. The predicted octanol–water partition coefficient (Wildman–Crippen LogP) is 9.95. The fraction of sp³-hybridized carbons (Fsp3) is 0.652. The van der Waals surface area contributed by atoms with Crippen molar-refractivity contribution in [3.05, 3.63) is 88.0 Å². The molecule has 22 nitrogen and oxygen atoms in total. The molecule has 3 aromatic rings. The Morgan fingerprint density at radius 1 is 0.479 bits per heavy atom. The number of ether oxygens (including phenoxy) is 9. The molecular weight excluding hydrogens is 1240 g/mol. The summed E-state index contributed by atoms with van der Waals surface area (Å²) in [4.78, 5) is 68.7. The van der Waals surface area contributed by atoms with Crippen molar-refractivity contribution in [2.75, 3.05) is 52.9 Å². The third kappa shape index (κ3) is 21.2. The lowest BCUT2D eigenvalue weighted by Crippen LogP contribution is -2.30. The normalized spacial score (nSPS) is 25.2. The number of carboxylic acids is 3. The standard InChI is InChI=1S/C23H30F2O7.C23H31FO7.C23H32O8/c1-2-15(26)6-7-16-17-8-13-4-3-5-19(30-12-22(27)28)18(13)9-14(17)10-20(16)32-23(29)31-11-21(24)25;2*1-2-16(25)6-7-17-18-10-14-4-3-5-20(30-13-22(26)27)19(14)11-15(18)12-21(17)31-23(28)29-9-8-24/h3-5,14-17,20-21,26H,2,6-12H2,1H3,(H,27,28);3-5,15-18,21,25H,2,6-13H2,1H3,(H,26,27);3-5,15-18,21,24-25H,2,6-13H2,1H3,(H,26,27)/t14-,15-,16+,17-,20+;2*15-,16-,17+,18-,21+/m000/s1. The maximum Gasteiger partial charge on any atom is 0.508 e. The van der Waals surface area contributed by atoms with Crippen LogP contribution in [0.2, 0.25) is 0 Å². The number of carboxylic acid groups (broad SMARTS) is 3. The quantitative estimate of drug-likeness (QED) is 0.0241. The van der Waals surface area contributed by atoms with E-state index in [1.54, 1.807) is 18.2 Å². The van der Waals surface area contributed by atoms with E-state index in [1.807, 2.05) is 57.2 Å². The highest BCUT2D eigenvalue weighted by Crippen LogP contribution is 2.53. The van der Waals surface area contributed by atoms with Crippen LogP contribution in [-0.4, -0.2) is 168 Å². The summed E-state index contributed by atoms with van der Waals surface area (Å²) in [5, 5.41) is 65.9. The number of hydrogen-bond donors (Lipinski definition) is 7. The fourth-order valence-electron chi connectivity index (χ4n) is 15.2. The van der Waals surface area contributed by atoms with E-state index in [9.17, 15) is 57.3 Å². The Morgan fingerprint density at radius 2 is 0.798 bits per heavy atom. The van der Waals surface area contributed by atoms with Crippen LogP contribution in [0.4, 0.5) is 27.6 Å². The van der Waals surface area contributed by atoms with Crippen LogP contribution in [0.3, 0.4) is 0 Å². The lowest BCUT2D eigenvalue weighted by molar-refractivity contribution is -0.140. The van der Waals surface area contributed by atoms with Crippen molar-refractivity contribution in [1.29, 1.82) is 0 Å². The molecule has 0 radical (unpaired) electrons. The van der Waals surface area contributed by atoms with Gasteiger partial charge in [-0.25, -0.2) is 41.9 Å². The molecule has 15 atom stereocenters. The van der Waals surface area contributed by atoms with Crippen LogP contribution >= 0.6 is 0 Å². The molecular formula is C69H93F3O22. The van der Waals surface area contributed by atoms with Crippen LogP contribution in [0.25, 0.3) is 0 Å². The second-order valence-electron chi connectivity index (χ2n) is 25.4. The summed E-state index contributed by atoms with van der Waals surface area (Å²) in [7, 11) is 0. The first-order valence-electron chi connectivity index (χ1n) is 33.0. The van der Waals surface area contributed by atoms with Crippen molar-refractivity contribution in [2.24, 2.45) is 53.3 Å². The summed E-state index contributed by atoms with van der Waals surface area (Å²) in [6.45, 7) is 2.11. The average molecular weight is 1330 g/mol. The first-order chi connectivity index (χ1) is 45.1. The molecule has 94 heavy (non-hydrogen) atoms. The number of rotatable bonds is 30. The monoisotopic (exact) mass is 1330 g/mol. The summed E-state index contributed by atoms with van der Waals surface area (Å²) >= 11 is 0. The van der Waals surface area contributed by atoms with Gasteiger partial charge in [0, 0.05) is 0 Å². The fourth-order valence-corrected chi connectivity index (χ4v) is 15.2. The van der Waals surface area contributed by atoms with Gasteiger partial charge in [-0.05, 0) is 220 Å². The number of aliphatic carboxylic acids is 3. The Hall–Kier alpha value is -7.09. The van der Waals surface area contributed by atoms with Gasteiger partial charge in [0.05, 0.1) is 24.9 Å². The minimum absolute atomic E-state index is 0.0305. The largest absolute Gasteiger partial charge is 0.508 e. The molecule has 3 aromatic carbocycles. The summed E-state index contributed by atoms with van der Waals surface area (Å²) in [6, 6.07) is 17.0. The van der Waals surface area contributed by atoms with Crippen molar-refractivity contribution in [1.82, 2.24) is 0 Å². The Balaban J connectivity index is 0.000000200. The smallest absolute Gasteiger partial charge is 0.482 e. The number of carbonyl (C=O) groups excluding carboxylic acids is 3. The summed E-state index contributed by atoms with van der Waals surface area (Å²) in [6.07, 6.45) is 4.27. The topological polar surface area (TPSA) is 327 Å². The first-order valence-corrected chi connectivity index (χ1v) is 33.0. The van der Waals surface area contributed by atoms with Crippen molar-refractivity contribution < 1.29 is 120 Å². The van der Waals surface area contributed by atoms with Crippen LogP contribution in [-0.2, 0) is 81.3 Å². The van der Waals surface area contributed by atoms with Crippen LogP contribution in [0, 0.1) is 53.3 Å². The van der Waals surface area contributed by atoms with Gasteiger partial charge in [-0.15, -0.1) is 0 Å². The van der Waals surface area contributed by atoms with Crippen molar-refractivity contribution in [2.45, 2.75) is 179 Å². The Labute approximate surface area is 545 Å². The van der Waals surface area contributed by atoms with Gasteiger partial charge < -0.3 is 78.4 Å². The molecule has 6 aliphatic carbocycles. The van der Waals surface area contributed by atoms with Gasteiger partial charge in [0.15, 0.2) is 26.4 Å². The SMILES string of the molecule is CC[C@H](O)CC[C@@H]1[C@H]2Cc3cccc(OCC(=O)O)c3C[C@H]2C[C@H]1OC(=O)OCC(F)F.CC[C@H](O)CC[C@@H]1[C@H]2Cc3cccc(OCC(=O)O)c3C[C@H]2C[C@H]1OC(=O)OCCF.CC[C@H](O)CC[C@@H]1[C@H]2Cc3cccc(OCC(=O)O)c3C[C@H]2C[C@H]1OC(=O)OCCO. The Morgan fingerprint density at radius 3 is 1.09 bits per heavy atom. The molecule has 0 saturated heterocycles. The molecule has 3 saturated carbocycles. The molecule has 3 fully saturated rings. The Bertz CT molecular complexity index is 2820. The molecule has 9 rings (SSSR count). The molecule has 0 aliphatic heterocycles. The molecule has 6 aliphatic rings. The molecule has 0 bridgehead atoms. The van der Waals surface area contributed by atoms with Gasteiger partial charge >= 0.3 is 36.4 Å². The van der Waals surface area contributed by atoms with E-state index in [0.29, 0.717) is 107 Å². The van der Waals surface area contributed by atoms with E-state index in [0.717, 1.165) is 65.5 Å². The molecule has 0 aromatic heterocycles.